The quantitative estimate of drug-likeness (QED) is 0.830. The minimum atomic E-state index is -1.01. The maximum atomic E-state index is 14.0. The van der Waals surface area contributed by atoms with Crippen molar-refractivity contribution >= 4 is 5.97 Å². The molecule has 0 saturated carbocycles. The molecule has 0 spiro atoms. The Morgan fingerprint density at radius 3 is 2.76 bits per heavy atom. The number of rotatable bonds is 2. The lowest BCUT2D eigenvalue weighted by molar-refractivity contribution is 0.0696. The van der Waals surface area contributed by atoms with E-state index in [1.807, 2.05) is 6.92 Å². The first-order valence-corrected chi connectivity index (χ1v) is 5.73. The first kappa shape index (κ1) is 12.0. The zero-order valence-electron chi connectivity index (χ0n) is 10.0. The van der Waals surface area contributed by atoms with Crippen molar-refractivity contribution in [2.45, 2.75) is 32.2 Å². The summed E-state index contributed by atoms with van der Waals surface area (Å²) in [6.45, 7) is 4.37. The van der Waals surface area contributed by atoms with Crippen LogP contribution in [-0.2, 0) is 5.54 Å². The SMILES string of the molecule is Cc1cc(F)c(C2(C)CCCN2)cc1C(=O)O. The summed E-state index contributed by atoms with van der Waals surface area (Å²) in [5.41, 5.74) is 0.650. The van der Waals surface area contributed by atoms with Crippen LogP contribution in [0.4, 0.5) is 4.39 Å². The molecule has 1 saturated heterocycles. The second-order valence-corrected chi connectivity index (χ2v) is 4.81. The van der Waals surface area contributed by atoms with Crippen molar-refractivity contribution in [2.24, 2.45) is 0 Å². The van der Waals surface area contributed by atoms with E-state index in [2.05, 4.69) is 5.32 Å². The third-order valence-electron chi connectivity index (χ3n) is 3.51. The highest BCUT2D eigenvalue weighted by Crippen LogP contribution is 2.33. The average Bonchev–Trinajstić information content (AvgIpc) is 2.65. The highest BCUT2D eigenvalue weighted by Gasteiger charge is 2.33. The van der Waals surface area contributed by atoms with Gasteiger partial charge in [0.25, 0.3) is 0 Å². The van der Waals surface area contributed by atoms with Crippen LogP contribution in [-0.4, -0.2) is 17.6 Å². The Bertz CT molecular complexity index is 465. The van der Waals surface area contributed by atoms with Crippen LogP contribution in [0.5, 0.6) is 0 Å². The number of nitrogens with one attached hydrogen (secondary N) is 1. The Labute approximate surface area is 99.7 Å². The molecule has 1 heterocycles. The summed E-state index contributed by atoms with van der Waals surface area (Å²) in [6, 6.07) is 2.77. The number of carbonyl (C=O) groups is 1. The molecule has 1 atom stereocenters. The number of halogens is 1. The zero-order valence-corrected chi connectivity index (χ0v) is 10.0. The van der Waals surface area contributed by atoms with Gasteiger partial charge >= 0.3 is 5.97 Å². The van der Waals surface area contributed by atoms with Gasteiger partial charge in [-0.1, -0.05) is 0 Å². The average molecular weight is 237 g/mol. The second kappa shape index (κ2) is 4.11. The maximum absolute atomic E-state index is 14.0. The van der Waals surface area contributed by atoms with Gasteiger partial charge in [0.05, 0.1) is 5.56 Å². The predicted molar refractivity (Wildman–Crippen MR) is 62.7 cm³/mol. The summed E-state index contributed by atoms with van der Waals surface area (Å²) in [4.78, 5) is 11.1. The molecule has 0 radical (unpaired) electrons. The maximum Gasteiger partial charge on any atom is 0.335 e. The fourth-order valence-corrected chi connectivity index (χ4v) is 2.45. The topological polar surface area (TPSA) is 49.3 Å². The lowest BCUT2D eigenvalue weighted by atomic mass is 9.88. The highest BCUT2D eigenvalue weighted by atomic mass is 19.1. The highest BCUT2D eigenvalue weighted by molar-refractivity contribution is 5.89. The van der Waals surface area contributed by atoms with Gasteiger partial charge in [0, 0.05) is 11.1 Å². The molecule has 1 aliphatic heterocycles. The van der Waals surface area contributed by atoms with Gasteiger partial charge in [0.1, 0.15) is 5.82 Å². The molecule has 0 amide bonds. The molecule has 3 nitrogen and oxygen atoms in total. The van der Waals surface area contributed by atoms with Gasteiger partial charge < -0.3 is 10.4 Å². The third kappa shape index (κ3) is 2.05. The van der Waals surface area contributed by atoms with E-state index in [1.54, 1.807) is 6.92 Å². The van der Waals surface area contributed by atoms with Gasteiger partial charge in [-0.25, -0.2) is 9.18 Å². The summed E-state index contributed by atoms with van der Waals surface area (Å²) in [6.07, 6.45) is 1.80. The second-order valence-electron chi connectivity index (χ2n) is 4.81. The van der Waals surface area contributed by atoms with E-state index in [9.17, 15) is 9.18 Å². The molecule has 2 rings (SSSR count). The van der Waals surface area contributed by atoms with Crippen molar-refractivity contribution in [3.63, 3.8) is 0 Å². The first-order chi connectivity index (χ1) is 7.94. The van der Waals surface area contributed by atoms with E-state index in [0.29, 0.717) is 11.1 Å². The Hall–Kier alpha value is -1.42. The van der Waals surface area contributed by atoms with E-state index in [-0.39, 0.29) is 11.4 Å². The molecule has 1 aromatic rings. The Morgan fingerprint density at radius 2 is 2.24 bits per heavy atom. The predicted octanol–water partition coefficient (Wildman–Crippen LogP) is 2.43. The standard InChI is InChI=1S/C13H16FNO2/c1-8-6-11(14)10(7-9(8)12(16)17)13(2)4-3-5-15-13/h6-7,15H,3-5H2,1-2H3,(H,16,17). The van der Waals surface area contributed by atoms with Crippen molar-refractivity contribution in [1.29, 1.82) is 0 Å². The van der Waals surface area contributed by atoms with Crippen LogP contribution in [0.25, 0.3) is 0 Å². The molecule has 92 valence electrons. The van der Waals surface area contributed by atoms with Gasteiger partial charge in [-0.2, -0.15) is 0 Å². The van der Waals surface area contributed by atoms with Crippen molar-refractivity contribution in [3.8, 4) is 0 Å². The van der Waals surface area contributed by atoms with Crippen LogP contribution in [0, 0.1) is 12.7 Å². The fourth-order valence-electron chi connectivity index (χ4n) is 2.45. The van der Waals surface area contributed by atoms with Crippen LogP contribution < -0.4 is 5.32 Å². The lowest BCUT2D eigenvalue weighted by Crippen LogP contribution is -2.34. The molecular weight excluding hydrogens is 221 g/mol. The molecule has 1 unspecified atom stereocenters. The van der Waals surface area contributed by atoms with Crippen molar-refractivity contribution in [3.05, 3.63) is 34.6 Å². The van der Waals surface area contributed by atoms with E-state index >= 15 is 0 Å². The van der Waals surface area contributed by atoms with Gasteiger partial charge in [0.15, 0.2) is 0 Å². The molecule has 1 aromatic carbocycles. The minimum Gasteiger partial charge on any atom is -0.478 e. The van der Waals surface area contributed by atoms with Crippen molar-refractivity contribution in [2.75, 3.05) is 6.54 Å². The van der Waals surface area contributed by atoms with Crippen molar-refractivity contribution < 1.29 is 14.3 Å². The molecular formula is C13H16FNO2. The summed E-state index contributed by atoms with van der Waals surface area (Å²) < 4.78 is 14.0. The number of carboxylic acid groups (broad SMARTS) is 1. The summed E-state index contributed by atoms with van der Waals surface area (Å²) >= 11 is 0. The summed E-state index contributed by atoms with van der Waals surface area (Å²) in [5.74, 6) is -1.34. The lowest BCUT2D eigenvalue weighted by Gasteiger charge is -2.26. The number of aromatic carboxylic acids is 1. The summed E-state index contributed by atoms with van der Waals surface area (Å²) in [5, 5.41) is 12.3. The normalized spacial score (nSPS) is 23.9. The van der Waals surface area contributed by atoms with E-state index in [0.717, 1.165) is 19.4 Å². The molecule has 0 bridgehead atoms. The van der Waals surface area contributed by atoms with Crippen LogP contribution >= 0.6 is 0 Å². The fraction of sp³-hybridized carbons (Fsp3) is 0.462. The van der Waals surface area contributed by atoms with E-state index < -0.39 is 11.5 Å². The molecule has 0 aromatic heterocycles. The monoisotopic (exact) mass is 237 g/mol. The minimum absolute atomic E-state index is 0.177. The largest absolute Gasteiger partial charge is 0.478 e. The van der Waals surface area contributed by atoms with Gasteiger partial charge in [-0.15, -0.1) is 0 Å². The Morgan fingerprint density at radius 1 is 1.53 bits per heavy atom. The third-order valence-corrected chi connectivity index (χ3v) is 3.51. The first-order valence-electron chi connectivity index (χ1n) is 5.73. The number of aryl methyl sites for hydroxylation is 1. The number of hydrogen-bond donors (Lipinski definition) is 2. The number of carboxylic acids is 1. The number of hydrogen-bond acceptors (Lipinski definition) is 2. The molecule has 2 N–H and O–H groups in total. The van der Waals surface area contributed by atoms with Crippen LogP contribution in [0.2, 0.25) is 0 Å². The van der Waals surface area contributed by atoms with Gasteiger partial charge in [-0.05, 0) is 50.9 Å². The molecule has 0 aliphatic carbocycles. The smallest absolute Gasteiger partial charge is 0.335 e. The molecule has 1 aliphatic rings. The van der Waals surface area contributed by atoms with Crippen LogP contribution in [0.1, 0.15) is 41.3 Å². The number of benzene rings is 1. The van der Waals surface area contributed by atoms with Crippen LogP contribution in [0.15, 0.2) is 12.1 Å². The molecule has 1 fully saturated rings. The Balaban J connectivity index is 2.54. The van der Waals surface area contributed by atoms with Crippen molar-refractivity contribution in [1.82, 2.24) is 5.32 Å². The summed E-state index contributed by atoms with van der Waals surface area (Å²) in [7, 11) is 0. The zero-order chi connectivity index (χ0) is 12.6. The van der Waals surface area contributed by atoms with E-state index in [1.165, 1.54) is 12.1 Å². The Kier molecular flexibility index (Phi) is 2.91. The molecule has 4 heteroatoms. The molecule has 17 heavy (non-hydrogen) atoms. The van der Waals surface area contributed by atoms with E-state index in [4.69, 9.17) is 5.11 Å². The van der Waals surface area contributed by atoms with Gasteiger partial charge in [0.2, 0.25) is 0 Å². The van der Waals surface area contributed by atoms with Gasteiger partial charge in [-0.3, -0.25) is 0 Å². The van der Waals surface area contributed by atoms with Crippen LogP contribution in [0.3, 0.4) is 0 Å².